The van der Waals surface area contributed by atoms with Crippen LogP contribution in [0.1, 0.15) is 58.8 Å². The lowest BCUT2D eigenvalue weighted by Crippen LogP contribution is -3.00. The van der Waals surface area contributed by atoms with Crippen molar-refractivity contribution >= 4 is 0 Å². The zero-order valence-corrected chi connectivity index (χ0v) is 11.9. The monoisotopic (exact) mass is 235 g/mol. The number of halogens is 1. The van der Waals surface area contributed by atoms with Crippen LogP contribution in [0.15, 0.2) is 0 Å². The Balaban J connectivity index is 0. The molecule has 0 N–H and O–H groups in total. The minimum atomic E-state index is 0. The highest BCUT2D eigenvalue weighted by Crippen LogP contribution is 2.08. The maximum absolute atomic E-state index is 2.36. The third-order valence-corrected chi connectivity index (χ3v) is 2.95. The van der Waals surface area contributed by atoms with E-state index < -0.39 is 0 Å². The zero-order chi connectivity index (χ0) is 10.9. The van der Waals surface area contributed by atoms with Gasteiger partial charge in [0.2, 0.25) is 0 Å². The number of hydrogen-bond donors (Lipinski definition) is 0. The van der Waals surface area contributed by atoms with E-state index in [0.29, 0.717) is 0 Å². The Morgan fingerprint density at radius 1 is 0.667 bits per heavy atom. The fourth-order valence-corrected chi connectivity index (χ4v) is 2.04. The Morgan fingerprint density at radius 3 is 1.73 bits per heavy atom. The molecule has 2 heteroatoms. The van der Waals surface area contributed by atoms with Crippen LogP contribution in [-0.2, 0) is 0 Å². The van der Waals surface area contributed by atoms with E-state index in [2.05, 4.69) is 27.9 Å². The average Bonchev–Trinajstić information content (AvgIpc) is 2.11. The standard InChI is InChI=1S/C13H30N.ClH/c1-5-7-8-9-10-11-13-14(3,4)12-6-2;/h5-13H2,1-4H3;1H/q+1;/p-1. The molecule has 0 atom stereocenters. The van der Waals surface area contributed by atoms with Crippen molar-refractivity contribution in [3.05, 3.63) is 0 Å². The van der Waals surface area contributed by atoms with E-state index in [1.807, 2.05) is 0 Å². The van der Waals surface area contributed by atoms with Gasteiger partial charge in [-0.25, -0.2) is 0 Å². The van der Waals surface area contributed by atoms with Gasteiger partial charge in [0.25, 0.3) is 0 Å². The Bertz CT molecular complexity index is 124. The highest BCUT2D eigenvalue weighted by Gasteiger charge is 2.11. The van der Waals surface area contributed by atoms with E-state index >= 15 is 0 Å². The van der Waals surface area contributed by atoms with Gasteiger partial charge in [-0.2, -0.15) is 0 Å². The molecular weight excluding hydrogens is 206 g/mol. The second-order valence-electron chi connectivity index (χ2n) is 5.15. The summed E-state index contributed by atoms with van der Waals surface area (Å²) < 4.78 is 1.21. The summed E-state index contributed by atoms with van der Waals surface area (Å²) in [5.41, 5.74) is 0. The predicted octanol–water partition coefficient (Wildman–Crippen LogP) is 0.837. The number of unbranched alkanes of at least 4 members (excludes halogenated alkanes) is 5. The van der Waals surface area contributed by atoms with Crippen LogP contribution in [0, 0.1) is 0 Å². The van der Waals surface area contributed by atoms with Gasteiger partial charge in [-0.1, -0.05) is 39.5 Å². The lowest BCUT2D eigenvalue weighted by molar-refractivity contribution is -0.890. The molecule has 0 saturated carbocycles. The van der Waals surface area contributed by atoms with E-state index in [0.717, 1.165) is 0 Å². The Morgan fingerprint density at radius 2 is 1.20 bits per heavy atom. The summed E-state index contributed by atoms with van der Waals surface area (Å²) in [6, 6.07) is 0. The smallest absolute Gasteiger partial charge is 0.0782 e. The van der Waals surface area contributed by atoms with E-state index in [9.17, 15) is 0 Å². The Kier molecular flexibility index (Phi) is 12.6. The normalized spacial score (nSPS) is 11.2. The highest BCUT2D eigenvalue weighted by molar-refractivity contribution is 4.44. The van der Waals surface area contributed by atoms with Crippen molar-refractivity contribution in [3.63, 3.8) is 0 Å². The number of quaternary nitrogens is 1. The molecule has 0 aliphatic heterocycles. The van der Waals surface area contributed by atoms with Crippen LogP contribution >= 0.6 is 0 Å². The highest BCUT2D eigenvalue weighted by atomic mass is 35.5. The zero-order valence-electron chi connectivity index (χ0n) is 11.2. The molecule has 0 aromatic heterocycles. The first kappa shape index (κ1) is 17.6. The van der Waals surface area contributed by atoms with Crippen molar-refractivity contribution in [2.75, 3.05) is 27.2 Å². The fourth-order valence-electron chi connectivity index (χ4n) is 2.04. The summed E-state index contributed by atoms with van der Waals surface area (Å²) in [4.78, 5) is 0. The van der Waals surface area contributed by atoms with Crippen LogP contribution in [0.2, 0.25) is 0 Å². The van der Waals surface area contributed by atoms with E-state index in [1.165, 1.54) is 62.5 Å². The van der Waals surface area contributed by atoms with Gasteiger partial charge in [0.05, 0.1) is 27.2 Å². The maximum Gasteiger partial charge on any atom is 0.0782 e. The van der Waals surface area contributed by atoms with Crippen LogP contribution < -0.4 is 12.4 Å². The third-order valence-electron chi connectivity index (χ3n) is 2.95. The van der Waals surface area contributed by atoms with Crippen molar-refractivity contribution in [3.8, 4) is 0 Å². The first-order chi connectivity index (χ1) is 6.62. The lowest BCUT2D eigenvalue weighted by Gasteiger charge is -2.29. The number of rotatable bonds is 9. The summed E-state index contributed by atoms with van der Waals surface area (Å²) in [7, 11) is 4.71. The molecule has 0 bridgehead atoms. The molecule has 15 heavy (non-hydrogen) atoms. The molecule has 0 amide bonds. The molecule has 0 unspecified atom stereocenters. The van der Waals surface area contributed by atoms with Gasteiger partial charge in [-0.15, -0.1) is 0 Å². The topological polar surface area (TPSA) is 0 Å². The maximum atomic E-state index is 2.36. The van der Waals surface area contributed by atoms with Crippen molar-refractivity contribution in [2.45, 2.75) is 58.8 Å². The minimum absolute atomic E-state index is 0. The summed E-state index contributed by atoms with van der Waals surface area (Å²) >= 11 is 0. The van der Waals surface area contributed by atoms with Gasteiger partial charge in [0.1, 0.15) is 0 Å². The van der Waals surface area contributed by atoms with Gasteiger partial charge < -0.3 is 16.9 Å². The van der Waals surface area contributed by atoms with E-state index in [4.69, 9.17) is 0 Å². The van der Waals surface area contributed by atoms with E-state index in [-0.39, 0.29) is 12.4 Å². The number of nitrogens with zero attached hydrogens (tertiary/aromatic N) is 1. The molecule has 1 nitrogen and oxygen atoms in total. The van der Waals surface area contributed by atoms with Crippen molar-refractivity contribution in [1.82, 2.24) is 0 Å². The first-order valence-electron chi connectivity index (χ1n) is 6.44. The molecule has 0 radical (unpaired) electrons. The van der Waals surface area contributed by atoms with Crippen molar-refractivity contribution in [2.24, 2.45) is 0 Å². The molecule has 94 valence electrons. The molecule has 0 heterocycles. The average molecular weight is 236 g/mol. The van der Waals surface area contributed by atoms with Gasteiger partial charge in [-0.05, 0) is 19.3 Å². The SMILES string of the molecule is CCCCCCCC[N+](C)(C)CCC.[Cl-]. The van der Waals surface area contributed by atoms with Crippen LogP contribution in [0.25, 0.3) is 0 Å². The summed E-state index contributed by atoms with van der Waals surface area (Å²) in [6.07, 6.45) is 9.83. The summed E-state index contributed by atoms with van der Waals surface area (Å²) in [5.74, 6) is 0. The van der Waals surface area contributed by atoms with E-state index in [1.54, 1.807) is 0 Å². The molecule has 0 saturated heterocycles. The van der Waals surface area contributed by atoms with Crippen LogP contribution in [0.4, 0.5) is 0 Å². The molecule has 0 aliphatic carbocycles. The first-order valence-corrected chi connectivity index (χ1v) is 6.44. The lowest BCUT2D eigenvalue weighted by atomic mass is 10.1. The van der Waals surface area contributed by atoms with Gasteiger partial charge >= 0.3 is 0 Å². The third kappa shape index (κ3) is 12.2. The second-order valence-corrected chi connectivity index (χ2v) is 5.15. The largest absolute Gasteiger partial charge is 1.00 e. The van der Waals surface area contributed by atoms with Crippen LogP contribution in [0.5, 0.6) is 0 Å². The van der Waals surface area contributed by atoms with Gasteiger partial charge in [0, 0.05) is 0 Å². The molecule has 0 aliphatic rings. The van der Waals surface area contributed by atoms with Crippen molar-refractivity contribution < 1.29 is 16.9 Å². The summed E-state index contributed by atoms with van der Waals surface area (Å²) in [5, 5.41) is 0. The van der Waals surface area contributed by atoms with Crippen LogP contribution in [0.3, 0.4) is 0 Å². The van der Waals surface area contributed by atoms with Crippen molar-refractivity contribution in [1.29, 1.82) is 0 Å². The molecule has 0 aromatic rings. The molecule has 0 aromatic carbocycles. The Hall–Kier alpha value is 0.250. The van der Waals surface area contributed by atoms with Gasteiger partial charge in [-0.3, -0.25) is 0 Å². The molecule has 0 fully saturated rings. The predicted molar refractivity (Wildman–Crippen MR) is 65.5 cm³/mol. The Labute approximate surface area is 103 Å². The molecule has 0 spiro atoms. The molecule has 0 rings (SSSR count). The van der Waals surface area contributed by atoms with Crippen LogP contribution in [-0.4, -0.2) is 31.7 Å². The quantitative estimate of drug-likeness (QED) is 0.411. The summed E-state index contributed by atoms with van der Waals surface area (Å²) in [6.45, 7) is 7.25. The second kappa shape index (κ2) is 10.8. The molecular formula is C13H30ClN. The number of hydrogen-bond acceptors (Lipinski definition) is 0. The fraction of sp³-hybridized carbons (Fsp3) is 1.00. The van der Waals surface area contributed by atoms with Gasteiger partial charge in [0.15, 0.2) is 0 Å². The minimum Gasteiger partial charge on any atom is -1.00 e.